The first kappa shape index (κ1) is 44.2. The highest BCUT2D eigenvalue weighted by atomic mass is 31.2. The molecule has 3 N–H and O–H groups in total. The Morgan fingerprint density at radius 1 is 0.733 bits per heavy atom. The molecule has 0 bridgehead atoms. The average molecular weight is 662 g/mol. The molecule has 0 aromatic carbocycles. The number of aliphatic hydroxyl groups excluding tert-OH is 1. The number of amides is 1. The molecule has 0 saturated carbocycles. The minimum absolute atomic E-state index is 0.0635. The normalized spacial score (nSPS) is 14.9. The molecular weight excluding hydrogens is 587 g/mol. The van der Waals surface area contributed by atoms with Crippen LogP contribution in [0.5, 0.6) is 0 Å². The Labute approximate surface area is 278 Å². The maximum Gasteiger partial charge on any atom is 0.472 e. The molecule has 45 heavy (non-hydrogen) atoms. The van der Waals surface area contributed by atoms with Crippen LogP contribution in [0.3, 0.4) is 0 Å². The van der Waals surface area contributed by atoms with Crippen LogP contribution < -0.4 is 5.32 Å². The van der Waals surface area contributed by atoms with E-state index in [1.165, 1.54) is 103 Å². The number of likely N-dealkylation sites (N-methyl/N-ethyl adjacent to an activating group) is 1. The van der Waals surface area contributed by atoms with Gasteiger partial charge in [0.25, 0.3) is 0 Å². The Bertz CT molecular complexity index is 758. The van der Waals surface area contributed by atoms with E-state index in [0.29, 0.717) is 17.4 Å². The van der Waals surface area contributed by atoms with E-state index < -0.39 is 20.0 Å². The second-order valence-electron chi connectivity index (χ2n) is 14.0. The van der Waals surface area contributed by atoms with E-state index in [4.69, 9.17) is 9.05 Å². The molecule has 3 unspecified atom stereocenters. The molecule has 1 amide bonds. The molecule has 0 radical (unpaired) electrons. The van der Waals surface area contributed by atoms with Gasteiger partial charge >= 0.3 is 7.82 Å². The first-order chi connectivity index (χ1) is 21.5. The number of aliphatic hydroxyl groups is 1. The van der Waals surface area contributed by atoms with Gasteiger partial charge in [-0.1, -0.05) is 148 Å². The molecule has 0 fully saturated rings. The van der Waals surface area contributed by atoms with Gasteiger partial charge in [0.05, 0.1) is 39.9 Å². The molecule has 0 heterocycles. The zero-order chi connectivity index (χ0) is 33.7. The highest BCUT2D eigenvalue weighted by Gasteiger charge is 2.27. The zero-order valence-electron chi connectivity index (χ0n) is 30.1. The minimum Gasteiger partial charge on any atom is -0.387 e. The molecule has 0 aromatic heterocycles. The van der Waals surface area contributed by atoms with E-state index in [0.717, 1.165) is 38.5 Å². The summed E-state index contributed by atoms with van der Waals surface area (Å²) in [7, 11) is 1.57. The van der Waals surface area contributed by atoms with Crippen LogP contribution in [0.2, 0.25) is 0 Å². The van der Waals surface area contributed by atoms with Gasteiger partial charge in [0.15, 0.2) is 0 Å². The molecule has 0 aliphatic rings. The van der Waals surface area contributed by atoms with Gasteiger partial charge in [-0.2, -0.15) is 0 Å². The van der Waals surface area contributed by atoms with Crippen molar-refractivity contribution in [2.45, 2.75) is 174 Å². The number of allylic oxidation sites excluding steroid dienone is 1. The van der Waals surface area contributed by atoms with Gasteiger partial charge in [-0.15, -0.1) is 0 Å². The van der Waals surface area contributed by atoms with Crippen LogP contribution in [0.4, 0.5) is 0 Å². The van der Waals surface area contributed by atoms with Crippen molar-refractivity contribution in [1.82, 2.24) is 5.32 Å². The van der Waals surface area contributed by atoms with E-state index in [9.17, 15) is 19.4 Å². The number of unbranched alkanes of at least 4 members (excludes halogenated alkanes) is 20. The van der Waals surface area contributed by atoms with Crippen molar-refractivity contribution in [3.05, 3.63) is 12.2 Å². The lowest BCUT2D eigenvalue weighted by Crippen LogP contribution is -2.45. The molecule has 9 heteroatoms. The lowest BCUT2D eigenvalue weighted by atomic mass is 10.0. The van der Waals surface area contributed by atoms with Crippen LogP contribution in [0.25, 0.3) is 0 Å². The van der Waals surface area contributed by atoms with E-state index in [1.54, 1.807) is 6.08 Å². The van der Waals surface area contributed by atoms with Crippen LogP contribution in [0.15, 0.2) is 12.2 Å². The molecule has 0 saturated heterocycles. The summed E-state index contributed by atoms with van der Waals surface area (Å²) < 4.78 is 23.3. The van der Waals surface area contributed by atoms with Crippen molar-refractivity contribution < 1.29 is 32.9 Å². The van der Waals surface area contributed by atoms with Crippen LogP contribution in [-0.4, -0.2) is 73.4 Å². The van der Waals surface area contributed by atoms with E-state index in [-0.39, 0.29) is 19.1 Å². The monoisotopic (exact) mass is 662 g/mol. The smallest absolute Gasteiger partial charge is 0.387 e. The largest absolute Gasteiger partial charge is 0.472 e. The summed E-state index contributed by atoms with van der Waals surface area (Å²) in [6.45, 7) is 4.74. The van der Waals surface area contributed by atoms with Crippen molar-refractivity contribution in [3.8, 4) is 0 Å². The first-order valence-corrected chi connectivity index (χ1v) is 20.1. The fraction of sp³-hybridized carbons (Fsp3) is 0.917. The van der Waals surface area contributed by atoms with Gasteiger partial charge in [-0.3, -0.25) is 13.8 Å². The quantitative estimate of drug-likeness (QED) is 0.0280. The van der Waals surface area contributed by atoms with Crippen LogP contribution in [0, 0.1) is 0 Å². The third kappa shape index (κ3) is 31.6. The standard InChI is InChI=1S/C36H73N2O6P/c1-6-8-10-12-14-15-16-17-18-19-20-21-22-24-26-28-30-36(40)37-34(35(39)29-27-25-23-13-11-9-7-2)33-44-45(41,42)43-32-31-38(3,4)5/h27,29,34-35,39H,6-26,28,30-33H2,1-5H3,(H-,37,40,41,42)/p+1/b29-27+. The second-order valence-corrected chi connectivity index (χ2v) is 15.4. The molecule has 0 aliphatic heterocycles. The van der Waals surface area contributed by atoms with Crippen molar-refractivity contribution in [2.75, 3.05) is 40.9 Å². The topological polar surface area (TPSA) is 105 Å². The van der Waals surface area contributed by atoms with Gasteiger partial charge in [0.1, 0.15) is 13.2 Å². The predicted octanol–water partition coefficient (Wildman–Crippen LogP) is 9.24. The van der Waals surface area contributed by atoms with Crippen molar-refractivity contribution >= 4 is 13.7 Å². The maximum absolute atomic E-state index is 12.7. The van der Waals surface area contributed by atoms with E-state index in [2.05, 4.69) is 19.2 Å². The number of quaternary nitrogens is 1. The summed E-state index contributed by atoms with van der Waals surface area (Å²) in [6, 6.07) is -0.836. The Balaban J connectivity index is 4.36. The number of hydrogen-bond donors (Lipinski definition) is 3. The third-order valence-corrected chi connectivity index (χ3v) is 9.24. The number of nitrogens with one attached hydrogen (secondary N) is 1. The molecule has 3 atom stereocenters. The third-order valence-electron chi connectivity index (χ3n) is 8.26. The SMILES string of the molecule is CCCCCCC/C=C/C(O)C(COP(=O)(O)OCC[N+](C)(C)C)NC(=O)CCCCCCCCCCCCCCCCCC. The number of phosphoric acid groups is 1. The average Bonchev–Trinajstić information content (AvgIpc) is 2.97. The summed E-state index contributed by atoms with van der Waals surface area (Å²) in [5, 5.41) is 13.6. The highest BCUT2D eigenvalue weighted by molar-refractivity contribution is 7.47. The summed E-state index contributed by atoms with van der Waals surface area (Å²) in [5.74, 6) is -0.181. The van der Waals surface area contributed by atoms with Crippen molar-refractivity contribution in [3.63, 3.8) is 0 Å². The number of carbonyl (C=O) groups excluding carboxylic acids is 1. The number of nitrogens with zero attached hydrogens (tertiary/aromatic N) is 1. The summed E-state index contributed by atoms with van der Waals surface area (Å²) in [6.07, 6.45) is 30.0. The number of carbonyl (C=O) groups is 1. The maximum atomic E-state index is 12.7. The van der Waals surface area contributed by atoms with Gasteiger partial charge in [0, 0.05) is 6.42 Å². The lowest BCUT2D eigenvalue weighted by molar-refractivity contribution is -0.870. The molecule has 8 nitrogen and oxygen atoms in total. The molecule has 0 spiro atoms. The second kappa shape index (κ2) is 29.4. The predicted molar refractivity (Wildman–Crippen MR) is 189 cm³/mol. The minimum atomic E-state index is -4.31. The first-order valence-electron chi connectivity index (χ1n) is 18.6. The van der Waals surface area contributed by atoms with Gasteiger partial charge in [-0.25, -0.2) is 4.57 Å². The number of hydrogen-bond acceptors (Lipinski definition) is 5. The fourth-order valence-electron chi connectivity index (χ4n) is 5.22. The zero-order valence-corrected chi connectivity index (χ0v) is 31.0. The van der Waals surface area contributed by atoms with Gasteiger partial charge in [-0.05, 0) is 19.3 Å². The van der Waals surface area contributed by atoms with E-state index >= 15 is 0 Å². The van der Waals surface area contributed by atoms with Crippen LogP contribution in [0.1, 0.15) is 162 Å². The molecule has 0 aromatic rings. The van der Waals surface area contributed by atoms with Crippen molar-refractivity contribution in [2.24, 2.45) is 0 Å². The number of rotatable bonds is 33. The van der Waals surface area contributed by atoms with Crippen molar-refractivity contribution in [1.29, 1.82) is 0 Å². The molecule has 0 rings (SSSR count). The Morgan fingerprint density at radius 3 is 1.64 bits per heavy atom. The summed E-state index contributed by atoms with van der Waals surface area (Å²) >= 11 is 0. The Kier molecular flexibility index (Phi) is 28.9. The van der Waals surface area contributed by atoms with Crippen LogP contribution in [-0.2, 0) is 18.4 Å². The Hall–Kier alpha value is -0.760. The molecule has 268 valence electrons. The van der Waals surface area contributed by atoms with Crippen LogP contribution >= 0.6 is 7.82 Å². The molecular formula is C36H74N2O6P+. The molecule has 0 aliphatic carbocycles. The highest BCUT2D eigenvalue weighted by Crippen LogP contribution is 2.43. The van der Waals surface area contributed by atoms with Gasteiger partial charge in [0.2, 0.25) is 5.91 Å². The summed E-state index contributed by atoms with van der Waals surface area (Å²) in [5.41, 5.74) is 0. The number of phosphoric ester groups is 1. The summed E-state index contributed by atoms with van der Waals surface area (Å²) in [4.78, 5) is 22.9. The Morgan fingerprint density at radius 2 is 1.18 bits per heavy atom. The fourth-order valence-corrected chi connectivity index (χ4v) is 5.95. The van der Waals surface area contributed by atoms with E-state index in [1.807, 2.05) is 27.2 Å². The lowest BCUT2D eigenvalue weighted by Gasteiger charge is -2.25. The van der Waals surface area contributed by atoms with Gasteiger partial charge < -0.3 is 19.8 Å².